The molecule has 0 spiro atoms. The standard InChI is InChI=1S/C27H26F2N4O3S/c1-15-10-16(2)12-19(11-15)37(35,36)33-22-9-7-20(28)23(24(22)29)17-6-8-21-18(13-17)14-30-26(31-21)32-25(34)27(3,4)5/h6-14,33H,1-5H3,(H,30,31,32,34). The number of anilines is 2. The second-order valence-corrected chi connectivity index (χ2v) is 11.6. The number of amides is 1. The molecular formula is C27H26F2N4O3S. The zero-order valence-electron chi connectivity index (χ0n) is 21.0. The number of nitrogens with zero attached hydrogens (tertiary/aromatic N) is 2. The van der Waals surface area contributed by atoms with E-state index in [9.17, 15) is 17.6 Å². The third-order valence-corrected chi connectivity index (χ3v) is 6.96. The number of carbonyl (C=O) groups is 1. The Morgan fingerprint density at radius 1 is 0.946 bits per heavy atom. The SMILES string of the molecule is Cc1cc(C)cc(S(=O)(=O)Nc2ccc(F)c(-c3ccc4nc(NC(=O)C(C)(C)C)ncc4c3)c2F)c1. The van der Waals surface area contributed by atoms with Crippen LogP contribution < -0.4 is 10.0 Å². The lowest BCUT2D eigenvalue weighted by Crippen LogP contribution is -2.28. The van der Waals surface area contributed by atoms with Crippen LogP contribution in [0.15, 0.2) is 59.6 Å². The van der Waals surface area contributed by atoms with Crippen molar-refractivity contribution < 1.29 is 22.0 Å². The Balaban J connectivity index is 1.69. The minimum atomic E-state index is -4.12. The van der Waals surface area contributed by atoms with Crippen LogP contribution in [0.25, 0.3) is 22.0 Å². The van der Waals surface area contributed by atoms with Crippen LogP contribution in [0.5, 0.6) is 0 Å². The predicted octanol–water partition coefficient (Wildman–Crippen LogP) is 5.98. The summed E-state index contributed by atoms with van der Waals surface area (Å²) < 4.78 is 58.4. The van der Waals surface area contributed by atoms with E-state index >= 15 is 4.39 Å². The lowest BCUT2D eigenvalue weighted by molar-refractivity contribution is -0.123. The quantitative estimate of drug-likeness (QED) is 0.335. The van der Waals surface area contributed by atoms with Crippen molar-refractivity contribution in [1.29, 1.82) is 0 Å². The molecule has 0 saturated carbocycles. The molecule has 0 unspecified atom stereocenters. The van der Waals surface area contributed by atoms with Crippen molar-refractivity contribution in [1.82, 2.24) is 9.97 Å². The minimum absolute atomic E-state index is 0.0208. The molecule has 0 aliphatic rings. The van der Waals surface area contributed by atoms with E-state index in [2.05, 4.69) is 20.0 Å². The molecule has 0 aliphatic heterocycles. The molecule has 0 fully saturated rings. The maximum absolute atomic E-state index is 15.5. The van der Waals surface area contributed by atoms with Crippen LogP contribution in [0, 0.1) is 30.9 Å². The lowest BCUT2D eigenvalue weighted by Gasteiger charge is -2.16. The van der Waals surface area contributed by atoms with Crippen LogP contribution in [0.4, 0.5) is 20.4 Å². The second-order valence-electron chi connectivity index (χ2n) is 9.88. The zero-order chi connectivity index (χ0) is 27.1. The molecule has 1 amide bonds. The van der Waals surface area contributed by atoms with Gasteiger partial charge in [-0.3, -0.25) is 14.8 Å². The summed E-state index contributed by atoms with van der Waals surface area (Å²) in [6.45, 7) is 8.79. The molecule has 4 rings (SSSR count). The summed E-state index contributed by atoms with van der Waals surface area (Å²) in [5, 5.41) is 3.12. The monoisotopic (exact) mass is 524 g/mol. The van der Waals surface area contributed by atoms with Crippen molar-refractivity contribution in [2.24, 2.45) is 5.41 Å². The van der Waals surface area contributed by atoms with Crippen LogP contribution >= 0.6 is 0 Å². The molecule has 0 saturated heterocycles. The largest absolute Gasteiger partial charge is 0.294 e. The first-order valence-corrected chi connectivity index (χ1v) is 12.9. The van der Waals surface area contributed by atoms with Gasteiger partial charge in [0, 0.05) is 17.0 Å². The van der Waals surface area contributed by atoms with Gasteiger partial charge in [0.25, 0.3) is 10.0 Å². The van der Waals surface area contributed by atoms with Crippen molar-refractivity contribution in [3.63, 3.8) is 0 Å². The normalized spacial score (nSPS) is 12.0. The number of hydrogen-bond donors (Lipinski definition) is 2. The summed E-state index contributed by atoms with van der Waals surface area (Å²) in [5.41, 5.74) is 0.683. The van der Waals surface area contributed by atoms with E-state index in [4.69, 9.17) is 0 Å². The molecule has 0 aliphatic carbocycles. The molecule has 37 heavy (non-hydrogen) atoms. The molecule has 7 nitrogen and oxygen atoms in total. The van der Waals surface area contributed by atoms with Crippen molar-refractivity contribution in [3.8, 4) is 11.1 Å². The molecule has 4 aromatic rings. The van der Waals surface area contributed by atoms with E-state index in [0.29, 0.717) is 10.9 Å². The summed E-state index contributed by atoms with van der Waals surface area (Å²) in [6, 6.07) is 11.3. The van der Waals surface area contributed by atoms with E-state index < -0.39 is 32.6 Å². The van der Waals surface area contributed by atoms with Gasteiger partial charge in [-0.2, -0.15) is 0 Å². The topological polar surface area (TPSA) is 101 Å². The van der Waals surface area contributed by atoms with Crippen molar-refractivity contribution >= 4 is 38.5 Å². The first-order chi connectivity index (χ1) is 17.2. The summed E-state index contributed by atoms with van der Waals surface area (Å²) in [4.78, 5) is 20.6. The van der Waals surface area contributed by atoms with Gasteiger partial charge >= 0.3 is 0 Å². The fourth-order valence-electron chi connectivity index (χ4n) is 3.73. The first-order valence-electron chi connectivity index (χ1n) is 11.4. The summed E-state index contributed by atoms with van der Waals surface area (Å²) in [6.07, 6.45) is 1.44. The molecular weight excluding hydrogens is 498 g/mol. The van der Waals surface area contributed by atoms with Crippen LogP contribution in [0.2, 0.25) is 0 Å². The Kier molecular flexibility index (Phi) is 6.72. The zero-order valence-corrected chi connectivity index (χ0v) is 21.8. The van der Waals surface area contributed by atoms with Gasteiger partial charge in [-0.25, -0.2) is 27.2 Å². The molecule has 10 heteroatoms. The van der Waals surface area contributed by atoms with Gasteiger partial charge in [0.1, 0.15) is 5.82 Å². The highest BCUT2D eigenvalue weighted by Gasteiger charge is 2.23. The van der Waals surface area contributed by atoms with Crippen molar-refractivity contribution in [3.05, 3.63) is 77.5 Å². The number of fused-ring (bicyclic) bond motifs is 1. The number of aromatic nitrogens is 2. The van der Waals surface area contributed by atoms with Crippen LogP contribution in [0.3, 0.4) is 0 Å². The molecule has 0 atom stereocenters. The van der Waals surface area contributed by atoms with Crippen LogP contribution in [-0.4, -0.2) is 24.3 Å². The number of aryl methyl sites for hydroxylation is 2. The fraction of sp³-hybridized carbons (Fsp3) is 0.222. The smallest absolute Gasteiger partial charge is 0.262 e. The van der Waals surface area contributed by atoms with E-state index in [-0.39, 0.29) is 28.0 Å². The van der Waals surface area contributed by atoms with E-state index in [1.165, 1.54) is 30.5 Å². The van der Waals surface area contributed by atoms with Crippen molar-refractivity contribution in [2.45, 2.75) is 39.5 Å². The number of sulfonamides is 1. The number of nitrogens with one attached hydrogen (secondary N) is 2. The van der Waals surface area contributed by atoms with Gasteiger partial charge < -0.3 is 0 Å². The molecule has 2 N–H and O–H groups in total. The highest BCUT2D eigenvalue weighted by Crippen LogP contribution is 2.33. The average Bonchev–Trinajstić information content (AvgIpc) is 2.80. The van der Waals surface area contributed by atoms with Crippen LogP contribution in [0.1, 0.15) is 31.9 Å². The second kappa shape index (κ2) is 9.51. The highest BCUT2D eigenvalue weighted by atomic mass is 32.2. The van der Waals surface area contributed by atoms with Crippen LogP contribution in [-0.2, 0) is 14.8 Å². The maximum atomic E-state index is 15.5. The van der Waals surface area contributed by atoms with E-state index in [0.717, 1.165) is 23.3 Å². The Bertz CT molecular complexity index is 1630. The van der Waals surface area contributed by atoms with Gasteiger partial charge in [-0.15, -0.1) is 0 Å². The molecule has 0 radical (unpaired) electrons. The third-order valence-electron chi connectivity index (χ3n) is 5.62. The Morgan fingerprint density at radius 3 is 2.27 bits per heavy atom. The van der Waals surface area contributed by atoms with Gasteiger partial charge in [0.2, 0.25) is 11.9 Å². The lowest BCUT2D eigenvalue weighted by atomic mass is 9.96. The number of carbonyl (C=O) groups excluding carboxylic acids is 1. The summed E-state index contributed by atoms with van der Waals surface area (Å²) >= 11 is 0. The number of benzene rings is 3. The van der Waals surface area contributed by atoms with Gasteiger partial charge in [0.05, 0.1) is 21.7 Å². The fourth-order valence-corrected chi connectivity index (χ4v) is 4.97. The Morgan fingerprint density at radius 2 is 1.62 bits per heavy atom. The van der Waals surface area contributed by atoms with Gasteiger partial charge in [-0.05, 0) is 66.9 Å². The first kappa shape index (κ1) is 26.2. The minimum Gasteiger partial charge on any atom is -0.294 e. The molecule has 0 bridgehead atoms. The number of halogens is 2. The Labute approximate surface area is 214 Å². The van der Waals surface area contributed by atoms with E-state index in [1.807, 2.05) is 6.07 Å². The maximum Gasteiger partial charge on any atom is 0.262 e. The molecule has 192 valence electrons. The molecule has 1 heterocycles. The van der Waals surface area contributed by atoms with E-state index in [1.54, 1.807) is 40.7 Å². The number of hydrogen-bond acceptors (Lipinski definition) is 5. The summed E-state index contributed by atoms with van der Waals surface area (Å²) in [5.74, 6) is -2.06. The third kappa shape index (κ3) is 5.59. The average molecular weight is 525 g/mol. The van der Waals surface area contributed by atoms with Gasteiger partial charge in [-0.1, -0.05) is 32.9 Å². The predicted molar refractivity (Wildman–Crippen MR) is 140 cm³/mol. The molecule has 3 aromatic carbocycles. The van der Waals surface area contributed by atoms with Crippen molar-refractivity contribution in [2.75, 3.05) is 10.0 Å². The number of rotatable bonds is 5. The highest BCUT2D eigenvalue weighted by molar-refractivity contribution is 7.92. The van der Waals surface area contributed by atoms with Gasteiger partial charge in [0.15, 0.2) is 5.82 Å². The molecule has 1 aromatic heterocycles. The Hall–Kier alpha value is -3.92. The summed E-state index contributed by atoms with van der Waals surface area (Å²) in [7, 11) is -4.12.